The Hall–Kier alpha value is -0.673. The second-order valence-corrected chi connectivity index (χ2v) is 10.1. The highest BCUT2D eigenvalue weighted by atomic mass is 28.4. The lowest BCUT2D eigenvalue weighted by atomic mass is 10.2. The van der Waals surface area contributed by atoms with Crippen molar-refractivity contribution in [1.82, 2.24) is 5.32 Å². The number of quaternary nitrogens is 1. The van der Waals surface area contributed by atoms with Crippen LogP contribution in [0.2, 0.25) is 6.04 Å². The molecule has 0 spiro atoms. The number of carbonyl (C=O) groups excluding carboxylic acids is 1. The van der Waals surface area contributed by atoms with Gasteiger partial charge in [-0.05, 0) is 46.5 Å². The zero-order valence-electron chi connectivity index (χ0n) is 19.9. The Bertz CT molecular complexity index is 378. The summed E-state index contributed by atoms with van der Waals surface area (Å²) in [6, 6.07) is 0.687. The molecule has 7 nitrogen and oxygen atoms in total. The lowest BCUT2D eigenvalue weighted by Gasteiger charge is -2.38. The van der Waals surface area contributed by atoms with Crippen LogP contribution in [0.1, 0.15) is 67.2 Å². The molecule has 0 aliphatic carbocycles. The van der Waals surface area contributed by atoms with Gasteiger partial charge in [0.15, 0.2) is 0 Å². The van der Waals surface area contributed by atoms with Crippen molar-refractivity contribution in [2.45, 2.75) is 73.3 Å². The van der Waals surface area contributed by atoms with Crippen molar-refractivity contribution in [2.24, 2.45) is 0 Å². The van der Waals surface area contributed by atoms with Gasteiger partial charge in [0.25, 0.3) is 0 Å². The lowest BCUT2D eigenvalue weighted by Crippen LogP contribution is -2.52. The van der Waals surface area contributed by atoms with Gasteiger partial charge in [-0.25, -0.2) is 4.79 Å². The van der Waals surface area contributed by atoms with Gasteiger partial charge in [-0.3, -0.25) is 0 Å². The molecule has 0 aromatic carbocycles. The van der Waals surface area contributed by atoms with Crippen LogP contribution >= 0.6 is 0 Å². The van der Waals surface area contributed by atoms with Crippen molar-refractivity contribution in [3.05, 3.63) is 0 Å². The minimum Gasteiger partial charge on any atom is -0.444 e. The van der Waals surface area contributed by atoms with Crippen LogP contribution in [0.5, 0.6) is 0 Å². The maximum atomic E-state index is 12.1. The van der Waals surface area contributed by atoms with Gasteiger partial charge >= 0.3 is 14.9 Å². The monoisotopic (exact) mass is 435 g/mol. The normalized spacial score (nSPS) is 12.2. The molecule has 29 heavy (non-hydrogen) atoms. The van der Waals surface area contributed by atoms with E-state index in [0.29, 0.717) is 39.0 Å². The average molecular weight is 436 g/mol. The van der Waals surface area contributed by atoms with Crippen molar-refractivity contribution >= 4 is 14.9 Å². The second-order valence-electron chi connectivity index (χ2n) is 7.38. The molecule has 0 unspecified atom stereocenters. The van der Waals surface area contributed by atoms with Crippen LogP contribution in [0.25, 0.3) is 0 Å². The van der Waals surface area contributed by atoms with Crippen LogP contribution in [-0.4, -0.2) is 78.5 Å². The van der Waals surface area contributed by atoms with Crippen LogP contribution in [0.3, 0.4) is 0 Å². The predicted octanol–water partition coefficient (Wildman–Crippen LogP) is 4.20. The maximum Gasteiger partial charge on any atom is 0.500 e. The number of nitrogens with zero attached hydrogens (tertiary/aromatic N) is 1. The van der Waals surface area contributed by atoms with Gasteiger partial charge in [-0.1, -0.05) is 20.8 Å². The quantitative estimate of drug-likeness (QED) is 0.187. The first-order valence-corrected chi connectivity index (χ1v) is 13.6. The molecule has 1 amide bonds. The number of rotatable bonds is 19. The number of hydrogen-bond donors (Lipinski definition) is 1. The Morgan fingerprint density at radius 1 is 0.793 bits per heavy atom. The zero-order chi connectivity index (χ0) is 22.0. The molecule has 1 N–H and O–H groups in total. The largest absolute Gasteiger partial charge is 0.500 e. The van der Waals surface area contributed by atoms with Gasteiger partial charge in [0, 0.05) is 32.4 Å². The highest BCUT2D eigenvalue weighted by Gasteiger charge is 2.39. The Morgan fingerprint density at radius 3 is 1.69 bits per heavy atom. The Kier molecular flexibility index (Phi) is 16.7. The maximum absolute atomic E-state index is 12.1. The van der Waals surface area contributed by atoms with Gasteiger partial charge in [0.2, 0.25) is 0 Å². The number of carbonyl (C=O) groups is 1. The van der Waals surface area contributed by atoms with Crippen LogP contribution in [0.15, 0.2) is 0 Å². The van der Waals surface area contributed by atoms with Gasteiger partial charge in [-0.2, -0.15) is 0 Å². The fraction of sp³-hybridized carbons (Fsp3) is 0.952. The third-order valence-electron chi connectivity index (χ3n) is 4.91. The average Bonchev–Trinajstić information content (AvgIpc) is 2.67. The summed E-state index contributed by atoms with van der Waals surface area (Å²) >= 11 is 0. The first kappa shape index (κ1) is 28.3. The topological polar surface area (TPSA) is 66.0 Å². The van der Waals surface area contributed by atoms with Gasteiger partial charge in [0.05, 0.1) is 19.6 Å². The van der Waals surface area contributed by atoms with E-state index in [9.17, 15) is 4.79 Å². The summed E-state index contributed by atoms with van der Waals surface area (Å²) in [5.41, 5.74) is 0. The Balaban J connectivity index is 4.37. The molecule has 0 radical (unpaired) electrons. The van der Waals surface area contributed by atoms with E-state index in [2.05, 4.69) is 26.1 Å². The molecule has 0 aromatic rings. The van der Waals surface area contributed by atoms with Crippen LogP contribution in [0, 0.1) is 0 Å². The molecule has 0 atom stereocenters. The molecule has 0 aliphatic heterocycles. The number of nitrogens with one attached hydrogen (secondary N) is 1. The van der Waals surface area contributed by atoms with E-state index < -0.39 is 8.80 Å². The third kappa shape index (κ3) is 11.9. The fourth-order valence-corrected chi connectivity index (χ4v) is 6.59. The minimum absolute atomic E-state index is 0.343. The van der Waals surface area contributed by atoms with Crippen LogP contribution in [-0.2, 0) is 18.0 Å². The third-order valence-corrected chi connectivity index (χ3v) is 8.07. The standard InChI is InChI=1S/C21H46N2O5Si/c1-7-15-23(16-8-2,17-9-3)18-19-25-21(24)22-14-13-20-29(26-10-4,27-11-5)28-12-6/h7-20H2,1-6H3/p+1. The predicted molar refractivity (Wildman–Crippen MR) is 120 cm³/mol. The van der Waals surface area contributed by atoms with Crippen LogP contribution < -0.4 is 5.32 Å². The molecule has 0 aliphatic rings. The van der Waals surface area contributed by atoms with Crippen molar-refractivity contribution in [2.75, 3.05) is 59.2 Å². The highest BCUT2D eigenvalue weighted by Crippen LogP contribution is 2.18. The lowest BCUT2D eigenvalue weighted by molar-refractivity contribution is -0.928. The molecular weight excluding hydrogens is 388 g/mol. The molecule has 0 saturated carbocycles. The summed E-state index contributed by atoms with van der Waals surface area (Å²) in [5.74, 6) is 0. The highest BCUT2D eigenvalue weighted by molar-refractivity contribution is 6.60. The van der Waals surface area contributed by atoms with Gasteiger partial charge < -0.3 is 27.8 Å². The molecule has 0 saturated heterocycles. The summed E-state index contributed by atoms with van der Waals surface area (Å²) in [6.07, 6.45) is 3.85. The SMILES string of the molecule is CCC[N+](CCC)(CCC)CCOC(=O)NCCC[Si](OCC)(OCC)OCC. The molecule has 0 fully saturated rings. The van der Waals surface area contributed by atoms with Crippen molar-refractivity contribution in [1.29, 1.82) is 0 Å². The number of alkyl carbamates (subject to hydrolysis) is 1. The first-order chi connectivity index (χ1) is 14.0. The first-order valence-electron chi connectivity index (χ1n) is 11.6. The van der Waals surface area contributed by atoms with Crippen LogP contribution in [0.4, 0.5) is 4.79 Å². The minimum atomic E-state index is -2.64. The zero-order valence-corrected chi connectivity index (χ0v) is 20.9. The molecular formula is C21H47N2O5Si+. The summed E-state index contributed by atoms with van der Waals surface area (Å²) in [5, 5.41) is 2.85. The van der Waals surface area contributed by atoms with Crippen molar-refractivity contribution < 1.29 is 27.3 Å². The summed E-state index contributed by atoms with van der Waals surface area (Å²) in [7, 11) is -2.64. The van der Waals surface area contributed by atoms with E-state index in [1.54, 1.807) is 0 Å². The van der Waals surface area contributed by atoms with E-state index in [-0.39, 0.29) is 6.09 Å². The second kappa shape index (κ2) is 17.1. The Labute approximate surface area is 180 Å². The number of ether oxygens (including phenoxy) is 1. The Morgan fingerprint density at radius 2 is 1.28 bits per heavy atom. The summed E-state index contributed by atoms with van der Waals surface area (Å²) in [6.45, 7) is 19.5. The summed E-state index contributed by atoms with van der Waals surface area (Å²) in [4.78, 5) is 12.1. The summed E-state index contributed by atoms with van der Waals surface area (Å²) < 4.78 is 24.0. The fourth-order valence-electron chi connectivity index (χ4n) is 3.97. The van der Waals surface area contributed by atoms with E-state index in [1.165, 1.54) is 0 Å². The molecule has 0 aromatic heterocycles. The van der Waals surface area contributed by atoms with E-state index in [4.69, 9.17) is 18.0 Å². The van der Waals surface area contributed by atoms with E-state index in [1.807, 2.05) is 20.8 Å². The van der Waals surface area contributed by atoms with Gasteiger partial charge in [0.1, 0.15) is 13.2 Å². The van der Waals surface area contributed by atoms with Crippen molar-refractivity contribution in [3.8, 4) is 0 Å². The molecule has 0 rings (SSSR count). The van der Waals surface area contributed by atoms with Gasteiger partial charge in [-0.15, -0.1) is 0 Å². The molecule has 0 heterocycles. The molecule has 174 valence electrons. The number of amides is 1. The van der Waals surface area contributed by atoms with E-state index >= 15 is 0 Å². The number of hydrogen-bond acceptors (Lipinski definition) is 5. The molecule has 8 heteroatoms. The smallest absolute Gasteiger partial charge is 0.444 e. The molecule has 0 bridgehead atoms. The van der Waals surface area contributed by atoms with E-state index in [0.717, 1.165) is 56.3 Å². The van der Waals surface area contributed by atoms with Crippen molar-refractivity contribution in [3.63, 3.8) is 0 Å².